The maximum absolute atomic E-state index is 14.2. The topological polar surface area (TPSA) is 96.0 Å². The number of carbonyl (C=O) groups excluding carboxylic acids is 2. The zero-order chi connectivity index (χ0) is 32.3. The molecule has 44 heavy (non-hydrogen) atoms. The normalized spacial score (nSPS) is 12.0. The van der Waals surface area contributed by atoms with E-state index in [4.69, 9.17) is 27.9 Å². The molecule has 0 unspecified atom stereocenters. The van der Waals surface area contributed by atoms with Crippen molar-refractivity contribution in [2.75, 3.05) is 30.3 Å². The van der Waals surface area contributed by atoms with Crippen molar-refractivity contribution in [1.29, 1.82) is 0 Å². The second-order valence-corrected chi connectivity index (χ2v) is 13.5. The Morgan fingerprint density at radius 2 is 1.64 bits per heavy atom. The van der Waals surface area contributed by atoms with Crippen molar-refractivity contribution in [3.8, 4) is 5.75 Å². The molecule has 2 amide bonds. The van der Waals surface area contributed by atoms with Gasteiger partial charge in [-0.1, -0.05) is 49.5 Å². The molecular weight excluding hydrogens is 641 g/mol. The van der Waals surface area contributed by atoms with Gasteiger partial charge in [0.2, 0.25) is 11.8 Å². The molecule has 0 saturated heterocycles. The van der Waals surface area contributed by atoms with E-state index in [9.17, 15) is 18.0 Å². The zero-order valence-corrected chi connectivity index (χ0v) is 28.5. The molecule has 238 valence electrons. The first-order chi connectivity index (χ1) is 21.0. The predicted octanol–water partition coefficient (Wildman–Crippen LogP) is 7.03. The lowest BCUT2D eigenvalue weighted by Gasteiger charge is -2.33. The number of thioether (sulfide) groups is 1. The van der Waals surface area contributed by atoms with E-state index >= 15 is 0 Å². The number of ether oxygens (including phenoxy) is 1. The number of carbonyl (C=O) groups is 2. The molecule has 0 bridgehead atoms. The molecule has 0 aromatic heterocycles. The van der Waals surface area contributed by atoms with E-state index in [1.54, 1.807) is 54.6 Å². The summed E-state index contributed by atoms with van der Waals surface area (Å²) in [7, 11) is -4.19. The summed E-state index contributed by atoms with van der Waals surface area (Å²) in [5.74, 6) is -0.287. The van der Waals surface area contributed by atoms with Crippen molar-refractivity contribution >= 4 is 62.5 Å². The van der Waals surface area contributed by atoms with Gasteiger partial charge in [-0.3, -0.25) is 13.9 Å². The Morgan fingerprint density at radius 1 is 0.955 bits per heavy atom. The van der Waals surface area contributed by atoms with Crippen molar-refractivity contribution < 1.29 is 22.7 Å². The Morgan fingerprint density at radius 3 is 2.20 bits per heavy atom. The maximum atomic E-state index is 14.2. The number of nitrogens with one attached hydrogen (secondary N) is 1. The average Bonchev–Trinajstić information content (AvgIpc) is 3.02. The van der Waals surface area contributed by atoms with Crippen LogP contribution in [-0.4, -0.2) is 57.1 Å². The summed E-state index contributed by atoms with van der Waals surface area (Å²) in [6, 6.07) is 17.2. The lowest BCUT2D eigenvalue weighted by atomic mass is 10.1. The molecule has 0 aliphatic carbocycles. The number of amides is 2. The highest BCUT2D eigenvalue weighted by atomic mass is 35.5. The second-order valence-electron chi connectivity index (χ2n) is 9.95. The van der Waals surface area contributed by atoms with Crippen LogP contribution in [0.1, 0.15) is 45.6 Å². The molecular formula is C32H39Cl2N3O5S2. The number of benzene rings is 3. The number of halogens is 2. The Hall–Kier alpha value is -2.92. The molecule has 0 aliphatic heterocycles. The third kappa shape index (κ3) is 9.30. The number of unbranched alkanes of at least 4 members (excludes halogenated alkanes) is 1. The van der Waals surface area contributed by atoms with Crippen LogP contribution in [0.15, 0.2) is 76.5 Å². The predicted molar refractivity (Wildman–Crippen MR) is 179 cm³/mol. The SMILES string of the molecule is CCCCNC(=O)[C@H](CC)N(Cc1ccc(Cl)c(Cl)c1)C(=O)CN(c1ccc(OCC)cc1)S(=O)(=O)c1ccc(SC)cc1. The van der Waals surface area contributed by atoms with Gasteiger partial charge in [-0.2, -0.15) is 0 Å². The lowest BCUT2D eigenvalue weighted by molar-refractivity contribution is -0.140. The smallest absolute Gasteiger partial charge is 0.264 e. The first-order valence-electron chi connectivity index (χ1n) is 14.5. The number of nitrogens with zero attached hydrogens (tertiary/aromatic N) is 2. The number of sulfonamides is 1. The highest BCUT2D eigenvalue weighted by Gasteiger charge is 2.33. The third-order valence-corrected chi connectivity index (χ3v) is 10.2. The van der Waals surface area contributed by atoms with Crippen LogP contribution >= 0.6 is 35.0 Å². The second kappa shape index (κ2) is 17.0. The van der Waals surface area contributed by atoms with Gasteiger partial charge in [0.05, 0.1) is 27.2 Å². The molecule has 3 rings (SSSR count). The van der Waals surface area contributed by atoms with Crippen LogP contribution < -0.4 is 14.4 Å². The Balaban J connectivity index is 2.06. The summed E-state index contributed by atoms with van der Waals surface area (Å²) >= 11 is 13.9. The van der Waals surface area contributed by atoms with Gasteiger partial charge in [0, 0.05) is 18.0 Å². The van der Waals surface area contributed by atoms with Gasteiger partial charge in [0.1, 0.15) is 18.3 Å². The highest BCUT2D eigenvalue weighted by molar-refractivity contribution is 7.98. The van der Waals surface area contributed by atoms with Gasteiger partial charge in [0.25, 0.3) is 10.0 Å². The van der Waals surface area contributed by atoms with Crippen LogP contribution in [0, 0.1) is 0 Å². The molecule has 0 aliphatic rings. The summed E-state index contributed by atoms with van der Waals surface area (Å²) in [4.78, 5) is 29.9. The maximum Gasteiger partial charge on any atom is 0.264 e. The van der Waals surface area contributed by atoms with E-state index in [2.05, 4.69) is 5.32 Å². The summed E-state index contributed by atoms with van der Waals surface area (Å²) < 4.78 is 34.8. The molecule has 0 radical (unpaired) electrons. The molecule has 0 heterocycles. The largest absolute Gasteiger partial charge is 0.494 e. The van der Waals surface area contributed by atoms with Gasteiger partial charge >= 0.3 is 0 Å². The highest BCUT2D eigenvalue weighted by Crippen LogP contribution is 2.29. The van der Waals surface area contributed by atoms with E-state index in [-0.39, 0.29) is 23.0 Å². The van der Waals surface area contributed by atoms with Crippen molar-refractivity contribution in [3.63, 3.8) is 0 Å². The van der Waals surface area contributed by atoms with Gasteiger partial charge in [-0.15, -0.1) is 11.8 Å². The quantitative estimate of drug-likeness (QED) is 0.129. The minimum absolute atomic E-state index is 0.0228. The first-order valence-corrected chi connectivity index (χ1v) is 17.9. The summed E-state index contributed by atoms with van der Waals surface area (Å²) in [6.07, 6.45) is 3.91. The van der Waals surface area contributed by atoms with Crippen LogP contribution in [0.3, 0.4) is 0 Å². The van der Waals surface area contributed by atoms with Crippen LogP contribution in [0.2, 0.25) is 10.0 Å². The number of anilines is 1. The van der Waals surface area contributed by atoms with Crippen molar-refractivity contribution in [3.05, 3.63) is 82.3 Å². The number of hydrogen-bond acceptors (Lipinski definition) is 6. The monoisotopic (exact) mass is 679 g/mol. The summed E-state index contributed by atoms with van der Waals surface area (Å²) in [6.45, 7) is 6.09. The summed E-state index contributed by atoms with van der Waals surface area (Å²) in [5.41, 5.74) is 0.932. The van der Waals surface area contributed by atoms with Crippen LogP contribution in [0.4, 0.5) is 5.69 Å². The van der Waals surface area contributed by atoms with Gasteiger partial charge in [-0.25, -0.2) is 8.42 Å². The van der Waals surface area contributed by atoms with Gasteiger partial charge < -0.3 is 15.0 Å². The summed E-state index contributed by atoms with van der Waals surface area (Å²) in [5, 5.41) is 3.59. The minimum Gasteiger partial charge on any atom is -0.494 e. The lowest BCUT2D eigenvalue weighted by Crippen LogP contribution is -2.52. The Bertz CT molecular complexity index is 1500. The fraction of sp³-hybridized carbons (Fsp3) is 0.375. The fourth-order valence-electron chi connectivity index (χ4n) is 4.54. The fourth-order valence-corrected chi connectivity index (χ4v) is 6.68. The van der Waals surface area contributed by atoms with E-state index in [1.807, 2.05) is 27.0 Å². The molecule has 3 aromatic carbocycles. The molecule has 3 aromatic rings. The zero-order valence-electron chi connectivity index (χ0n) is 25.4. The molecule has 1 N–H and O–H groups in total. The van der Waals surface area contributed by atoms with Crippen LogP contribution in [-0.2, 0) is 26.2 Å². The number of rotatable bonds is 16. The van der Waals surface area contributed by atoms with E-state index in [0.29, 0.717) is 40.9 Å². The average molecular weight is 681 g/mol. The van der Waals surface area contributed by atoms with Crippen molar-refractivity contribution in [2.45, 2.75) is 62.4 Å². The molecule has 8 nitrogen and oxygen atoms in total. The number of hydrogen-bond donors (Lipinski definition) is 1. The van der Waals surface area contributed by atoms with Gasteiger partial charge in [0.15, 0.2) is 0 Å². The Kier molecular flexibility index (Phi) is 13.7. The van der Waals surface area contributed by atoms with Crippen molar-refractivity contribution in [2.24, 2.45) is 0 Å². The van der Waals surface area contributed by atoms with E-state index in [0.717, 1.165) is 22.0 Å². The van der Waals surface area contributed by atoms with E-state index < -0.39 is 28.5 Å². The standard InChI is InChI=1S/C32H39Cl2N3O5S2/c1-5-8-19-35-32(39)30(6-2)36(21-23-9-18-28(33)29(34)20-23)31(38)22-37(24-10-12-25(13-11-24)42-7-3)44(40,41)27-16-14-26(43-4)15-17-27/h9-18,20,30H,5-8,19,21-22H2,1-4H3,(H,35,39)/t30-/m0/s1. The third-order valence-electron chi connectivity index (χ3n) is 6.91. The van der Waals surface area contributed by atoms with E-state index in [1.165, 1.54) is 28.8 Å². The minimum atomic E-state index is -4.19. The van der Waals surface area contributed by atoms with Crippen LogP contribution in [0.25, 0.3) is 0 Å². The molecule has 0 spiro atoms. The Labute approximate surface area is 275 Å². The van der Waals surface area contributed by atoms with Gasteiger partial charge in [-0.05, 0) is 92.2 Å². The van der Waals surface area contributed by atoms with Crippen LogP contribution in [0.5, 0.6) is 5.75 Å². The van der Waals surface area contributed by atoms with Crippen molar-refractivity contribution in [1.82, 2.24) is 10.2 Å². The molecule has 1 atom stereocenters. The molecule has 12 heteroatoms. The molecule has 0 fully saturated rings. The first kappa shape index (κ1) is 35.6. The molecule has 0 saturated carbocycles.